The van der Waals surface area contributed by atoms with Crippen LogP contribution in [0.25, 0.3) is 0 Å². The predicted molar refractivity (Wildman–Crippen MR) is 89.1 cm³/mol. The van der Waals surface area contributed by atoms with E-state index in [-0.39, 0.29) is 5.37 Å². The Bertz CT molecular complexity index is 510. The molecule has 1 saturated heterocycles. The van der Waals surface area contributed by atoms with E-state index < -0.39 is 12.0 Å². The number of halogens is 1. The quantitative estimate of drug-likeness (QED) is 0.799. The smallest absolute Gasteiger partial charge is 0.321 e. The molecule has 116 valence electrons. The van der Waals surface area contributed by atoms with Gasteiger partial charge in [-0.15, -0.1) is 11.8 Å². The molecule has 1 aliphatic heterocycles. The maximum atomic E-state index is 10.9. The van der Waals surface area contributed by atoms with E-state index in [4.69, 9.17) is 9.84 Å². The minimum Gasteiger partial charge on any atom is -0.492 e. The number of rotatable bonds is 6. The van der Waals surface area contributed by atoms with E-state index in [9.17, 15) is 4.79 Å². The summed E-state index contributed by atoms with van der Waals surface area (Å²) >= 11 is 5.18. The molecule has 2 rings (SSSR count). The maximum Gasteiger partial charge on any atom is 0.321 e. The van der Waals surface area contributed by atoms with E-state index in [1.165, 1.54) is 5.56 Å². The number of aliphatic carboxylic acids is 1. The van der Waals surface area contributed by atoms with Gasteiger partial charge in [0.1, 0.15) is 11.8 Å². The minimum atomic E-state index is -0.780. The van der Waals surface area contributed by atoms with Crippen LogP contribution in [0.5, 0.6) is 5.75 Å². The third-order valence-electron chi connectivity index (χ3n) is 3.41. The molecular formula is C15H20BrNO3S. The van der Waals surface area contributed by atoms with Crippen LogP contribution in [0.4, 0.5) is 0 Å². The third-order valence-corrected chi connectivity index (χ3v) is 5.33. The summed E-state index contributed by atoms with van der Waals surface area (Å²) in [4.78, 5) is 10.9. The number of thioether (sulfide) groups is 1. The molecule has 4 nitrogen and oxygen atoms in total. The SMILES string of the molecule is CC(C)c1ccc(OCCC2NC(C(=O)O)CS2)c(Br)c1. The van der Waals surface area contributed by atoms with Gasteiger partial charge in [0.05, 0.1) is 16.5 Å². The maximum absolute atomic E-state index is 10.9. The summed E-state index contributed by atoms with van der Waals surface area (Å²) in [6.45, 7) is 4.88. The number of carboxylic acids is 1. The summed E-state index contributed by atoms with van der Waals surface area (Å²) < 4.78 is 6.74. The van der Waals surface area contributed by atoms with Crippen molar-refractivity contribution in [1.29, 1.82) is 0 Å². The molecule has 1 aliphatic rings. The van der Waals surface area contributed by atoms with Gasteiger partial charge >= 0.3 is 5.97 Å². The second-order valence-corrected chi connectivity index (χ2v) is 7.45. The lowest BCUT2D eigenvalue weighted by molar-refractivity contribution is -0.138. The molecule has 1 aromatic rings. The Hall–Kier alpha value is -0.720. The minimum absolute atomic E-state index is 0.153. The molecule has 2 N–H and O–H groups in total. The third kappa shape index (κ3) is 4.63. The Morgan fingerprint density at radius 2 is 2.33 bits per heavy atom. The molecule has 0 aliphatic carbocycles. The largest absolute Gasteiger partial charge is 0.492 e. The van der Waals surface area contributed by atoms with Crippen molar-refractivity contribution in [1.82, 2.24) is 5.32 Å². The highest BCUT2D eigenvalue weighted by Crippen LogP contribution is 2.29. The van der Waals surface area contributed by atoms with Crippen LogP contribution in [0.3, 0.4) is 0 Å². The predicted octanol–water partition coefficient (Wildman–Crippen LogP) is 3.46. The van der Waals surface area contributed by atoms with Gasteiger partial charge in [0, 0.05) is 12.2 Å². The van der Waals surface area contributed by atoms with Gasteiger partial charge in [0.2, 0.25) is 0 Å². The summed E-state index contributed by atoms with van der Waals surface area (Å²) in [6, 6.07) is 5.71. The van der Waals surface area contributed by atoms with Gasteiger partial charge in [-0.1, -0.05) is 19.9 Å². The fraction of sp³-hybridized carbons (Fsp3) is 0.533. The van der Waals surface area contributed by atoms with Gasteiger partial charge < -0.3 is 9.84 Å². The number of carbonyl (C=O) groups is 1. The first-order chi connectivity index (χ1) is 9.97. The first-order valence-corrected chi connectivity index (χ1v) is 8.84. The zero-order valence-corrected chi connectivity index (χ0v) is 14.5. The second kappa shape index (κ2) is 7.51. The average Bonchev–Trinajstić information content (AvgIpc) is 2.89. The summed E-state index contributed by atoms with van der Waals surface area (Å²) in [5.74, 6) is 1.16. The fourth-order valence-electron chi connectivity index (χ4n) is 2.11. The van der Waals surface area contributed by atoms with Gasteiger partial charge in [0.15, 0.2) is 0 Å². The van der Waals surface area contributed by atoms with Crippen LogP contribution in [0.2, 0.25) is 0 Å². The van der Waals surface area contributed by atoms with Gasteiger partial charge in [-0.2, -0.15) is 0 Å². The highest BCUT2D eigenvalue weighted by Gasteiger charge is 2.29. The number of benzene rings is 1. The molecule has 1 aromatic carbocycles. The molecule has 0 radical (unpaired) electrons. The molecular weight excluding hydrogens is 354 g/mol. The summed E-state index contributed by atoms with van der Waals surface area (Å²) in [5.41, 5.74) is 1.27. The van der Waals surface area contributed by atoms with Gasteiger partial charge in [0.25, 0.3) is 0 Å². The highest BCUT2D eigenvalue weighted by molar-refractivity contribution is 9.10. The van der Waals surface area contributed by atoms with Crippen molar-refractivity contribution < 1.29 is 14.6 Å². The van der Waals surface area contributed by atoms with E-state index in [1.54, 1.807) is 11.8 Å². The van der Waals surface area contributed by atoms with Crippen molar-refractivity contribution in [3.8, 4) is 5.75 Å². The van der Waals surface area contributed by atoms with Crippen molar-refractivity contribution in [2.24, 2.45) is 0 Å². The lowest BCUT2D eigenvalue weighted by Gasteiger charge is -2.14. The first kappa shape index (κ1) is 16.6. The molecule has 0 aromatic heterocycles. The topological polar surface area (TPSA) is 58.6 Å². The molecule has 2 atom stereocenters. The molecule has 1 fully saturated rings. The van der Waals surface area contributed by atoms with E-state index >= 15 is 0 Å². The Balaban J connectivity index is 1.80. The average molecular weight is 374 g/mol. The summed E-state index contributed by atoms with van der Waals surface area (Å²) in [6.07, 6.45) is 0.785. The van der Waals surface area contributed by atoms with E-state index in [0.717, 1.165) is 16.6 Å². The van der Waals surface area contributed by atoms with Crippen molar-refractivity contribution in [3.05, 3.63) is 28.2 Å². The second-order valence-electron chi connectivity index (χ2n) is 5.36. The van der Waals surface area contributed by atoms with Crippen molar-refractivity contribution in [3.63, 3.8) is 0 Å². The van der Waals surface area contributed by atoms with Crippen LogP contribution in [0.1, 0.15) is 31.7 Å². The Morgan fingerprint density at radius 3 is 2.90 bits per heavy atom. The molecule has 1 heterocycles. The van der Waals surface area contributed by atoms with Gasteiger partial charge in [-0.05, 0) is 39.5 Å². The van der Waals surface area contributed by atoms with Gasteiger partial charge in [-0.25, -0.2) is 0 Å². The monoisotopic (exact) mass is 373 g/mol. The number of nitrogens with one attached hydrogen (secondary N) is 1. The van der Waals surface area contributed by atoms with Crippen LogP contribution >= 0.6 is 27.7 Å². The normalized spacial score (nSPS) is 21.7. The number of ether oxygens (including phenoxy) is 1. The molecule has 2 unspecified atom stereocenters. The van der Waals surface area contributed by atoms with Gasteiger partial charge in [-0.3, -0.25) is 10.1 Å². The Labute approximate surface area is 137 Å². The number of hydrogen-bond donors (Lipinski definition) is 2. The molecule has 0 spiro atoms. The van der Waals surface area contributed by atoms with Crippen LogP contribution in [0, 0.1) is 0 Å². The van der Waals surface area contributed by atoms with E-state index in [2.05, 4.69) is 47.2 Å². The molecule has 0 amide bonds. The van der Waals surface area contributed by atoms with Crippen LogP contribution in [0.15, 0.2) is 22.7 Å². The molecule has 6 heteroatoms. The number of carboxylic acid groups (broad SMARTS) is 1. The van der Waals surface area contributed by atoms with E-state index in [0.29, 0.717) is 18.3 Å². The zero-order valence-electron chi connectivity index (χ0n) is 12.1. The fourth-order valence-corrected chi connectivity index (χ4v) is 3.81. The Kier molecular flexibility index (Phi) is 5.96. The van der Waals surface area contributed by atoms with Crippen molar-refractivity contribution in [2.75, 3.05) is 12.4 Å². The zero-order chi connectivity index (χ0) is 15.4. The lowest BCUT2D eigenvalue weighted by atomic mass is 10.0. The molecule has 0 saturated carbocycles. The number of hydrogen-bond acceptors (Lipinski definition) is 4. The lowest BCUT2D eigenvalue weighted by Crippen LogP contribution is -2.37. The summed E-state index contributed by atoms with van der Waals surface area (Å²) in [7, 11) is 0. The highest BCUT2D eigenvalue weighted by atomic mass is 79.9. The van der Waals surface area contributed by atoms with Crippen molar-refractivity contribution in [2.45, 2.75) is 37.6 Å². The van der Waals surface area contributed by atoms with Crippen LogP contribution in [-0.4, -0.2) is 34.9 Å². The molecule has 0 bridgehead atoms. The standard InChI is InChI=1S/C15H20BrNO3S/c1-9(2)10-3-4-13(11(16)7-10)20-6-5-14-17-12(8-21-14)15(18)19/h3-4,7,9,12,14,17H,5-6,8H2,1-2H3,(H,18,19). The summed E-state index contributed by atoms with van der Waals surface area (Å²) in [5, 5.41) is 12.2. The van der Waals surface area contributed by atoms with Crippen molar-refractivity contribution >= 4 is 33.7 Å². The van der Waals surface area contributed by atoms with Crippen LogP contribution < -0.4 is 10.1 Å². The van der Waals surface area contributed by atoms with E-state index in [1.807, 2.05) is 6.07 Å². The Morgan fingerprint density at radius 1 is 1.57 bits per heavy atom. The first-order valence-electron chi connectivity index (χ1n) is 7.00. The molecule has 21 heavy (non-hydrogen) atoms. The van der Waals surface area contributed by atoms with Crippen LogP contribution in [-0.2, 0) is 4.79 Å².